The molecule has 0 saturated carbocycles. The van der Waals surface area contributed by atoms with Gasteiger partial charge in [0.15, 0.2) is 0 Å². The number of nitrogens with zero attached hydrogens (tertiary/aromatic N) is 4. The van der Waals surface area contributed by atoms with Gasteiger partial charge < -0.3 is 14.4 Å². The molecule has 1 aliphatic heterocycles. The molecule has 136 valence electrons. The first kappa shape index (κ1) is 16.8. The number of H-pyrrole nitrogens is 1. The summed E-state index contributed by atoms with van der Waals surface area (Å²) in [6, 6.07) is 5.96. The number of pyridine rings is 2. The summed E-state index contributed by atoms with van der Waals surface area (Å²) in [6.45, 7) is 7.74. The third kappa shape index (κ3) is 2.99. The molecule has 0 unspecified atom stereocenters. The summed E-state index contributed by atoms with van der Waals surface area (Å²) in [5.41, 5.74) is 2.67. The zero-order valence-corrected chi connectivity index (χ0v) is 15.5. The summed E-state index contributed by atoms with van der Waals surface area (Å²) in [5, 5.41) is 8.51. The first-order valence-electron chi connectivity index (χ1n) is 8.75. The molecular weight excluding hydrogens is 330 g/mol. The van der Waals surface area contributed by atoms with Crippen molar-refractivity contribution < 1.29 is 9.47 Å². The van der Waals surface area contributed by atoms with E-state index in [1.165, 1.54) is 0 Å². The van der Waals surface area contributed by atoms with Crippen molar-refractivity contribution in [1.82, 2.24) is 20.2 Å². The predicted molar refractivity (Wildman–Crippen MR) is 101 cm³/mol. The van der Waals surface area contributed by atoms with Gasteiger partial charge in [-0.1, -0.05) is 0 Å². The number of anilines is 1. The van der Waals surface area contributed by atoms with Gasteiger partial charge in [-0.25, -0.2) is 9.97 Å². The van der Waals surface area contributed by atoms with Crippen LogP contribution in [0.15, 0.2) is 30.6 Å². The van der Waals surface area contributed by atoms with Crippen LogP contribution in [0.4, 0.5) is 5.82 Å². The van der Waals surface area contributed by atoms with E-state index in [0.29, 0.717) is 5.88 Å². The first-order chi connectivity index (χ1) is 12.5. The van der Waals surface area contributed by atoms with Crippen molar-refractivity contribution in [2.45, 2.75) is 32.5 Å². The molecule has 3 aromatic heterocycles. The fourth-order valence-corrected chi connectivity index (χ4v) is 3.21. The quantitative estimate of drug-likeness (QED) is 0.760. The van der Waals surface area contributed by atoms with E-state index >= 15 is 0 Å². The highest BCUT2D eigenvalue weighted by Gasteiger charge is 2.39. The zero-order valence-electron chi connectivity index (χ0n) is 15.5. The van der Waals surface area contributed by atoms with Gasteiger partial charge >= 0.3 is 0 Å². The van der Waals surface area contributed by atoms with Gasteiger partial charge in [-0.3, -0.25) is 5.10 Å². The van der Waals surface area contributed by atoms with Crippen molar-refractivity contribution in [3.8, 4) is 17.1 Å². The van der Waals surface area contributed by atoms with Crippen molar-refractivity contribution in [2.24, 2.45) is 0 Å². The number of aromatic amines is 1. The van der Waals surface area contributed by atoms with Crippen molar-refractivity contribution in [3.05, 3.63) is 30.6 Å². The first-order valence-corrected chi connectivity index (χ1v) is 8.75. The van der Waals surface area contributed by atoms with Crippen LogP contribution in [-0.2, 0) is 4.74 Å². The minimum atomic E-state index is -0.0918. The molecule has 0 atom stereocenters. The third-order valence-corrected chi connectivity index (χ3v) is 4.66. The van der Waals surface area contributed by atoms with Gasteiger partial charge in [0.05, 0.1) is 23.4 Å². The molecule has 7 heteroatoms. The minimum Gasteiger partial charge on any atom is -0.475 e. The van der Waals surface area contributed by atoms with Crippen LogP contribution in [0.25, 0.3) is 22.2 Å². The SMILES string of the molecule is COC1(C)CN(c2cc(-c3n[nH]c4cnc(OC(C)C)cc34)ccn2)C1. The summed E-state index contributed by atoms with van der Waals surface area (Å²) in [4.78, 5) is 11.0. The summed E-state index contributed by atoms with van der Waals surface area (Å²) < 4.78 is 11.2. The van der Waals surface area contributed by atoms with E-state index in [9.17, 15) is 0 Å². The molecular formula is C19H23N5O2. The number of ether oxygens (including phenoxy) is 2. The highest BCUT2D eigenvalue weighted by atomic mass is 16.5. The lowest BCUT2D eigenvalue weighted by Crippen LogP contribution is -2.61. The highest BCUT2D eigenvalue weighted by molar-refractivity contribution is 5.93. The topological polar surface area (TPSA) is 76.2 Å². The molecule has 0 bridgehead atoms. The van der Waals surface area contributed by atoms with E-state index in [4.69, 9.17) is 9.47 Å². The Morgan fingerprint density at radius 1 is 1.23 bits per heavy atom. The van der Waals surface area contributed by atoms with Crippen molar-refractivity contribution >= 4 is 16.7 Å². The number of methoxy groups -OCH3 is 1. The van der Waals surface area contributed by atoms with Crippen molar-refractivity contribution in [3.63, 3.8) is 0 Å². The molecule has 3 aromatic rings. The van der Waals surface area contributed by atoms with E-state index < -0.39 is 0 Å². The molecule has 4 heterocycles. The number of aromatic nitrogens is 4. The Labute approximate surface area is 152 Å². The number of hydrogen-bond acceptors (Lipinski definition) is 6. The monoisotopic (exact) mass is 353 g/mol. The summed E-state index contributed by atoms with van der Waals surface area (Å²) >= 11 is 0. The van der Waals surface area contributed by atoms with Gasteiger partial charge in [0, 0.05) is 43.4 Å². The molecule has 0 radical (unpaired) electrons. The largest absolute Gasteiger partial charge is 0.475 e. The molecule has 0 aromatic carbocycles. The maximum absolute atomic E-state index is 5.72. The maximum atomic E-state index is 5.72. The predicted octanol–water partition coefficient (Wildman–Crippen LogP) is 3.03. The fourth-order valence-electron chi connectivity index (χ4n) is 3.21. The Balaban J connectivity index is 1.66. The van der Waals surface area contributed by atoms with E-state index in [2.05, 4.69) is 38.1 Å². The Bertz CT molecular complexity index is 931. The van der Waals surface area contributed by atoms with Gasteiger partial charge in [0.1, 0.15) is 11.5 Å². The molecule has 0 aliphatic carbocycles. The average Bonchev–Trinajstić information content (AvgIpc) is 3.02. The van der Waals surface area contributed by atoms with Crippen LogP contribution in [0.1, 0.15) is 20.8 Å². The second-order valence-electron chi connectivity index (χ2n) is 7.22. The molecule has 0 spiro atoms. The fraction of sp³-hybridized carbons (Fsp3) is 0.421. The van der Waals surface area contributed by atoms with Crippen LogP contribution in [0.3, 0.4) is 0 Å². The second-order valence-corrected chi connectivity index (χ2v) is 7.22. The minimum absolute atomic E-state index is 0.0735. The second kappa shape index (κ2) is 6.25. The smallest absolute Gasteiger partial charge is 0.214 e. The number of fused-ring (bicyclic) bond motifs is 1. The molecule has 26 heavy (non-hydrogen) atoms. The van der Waals surface area contributed by atoms with E-state index in [0.717, 1.165) is 41.1 Å². The standard InChI is InChI=1S/C19H23N5O2/c1-12(2)26-17-8-14-15(9-21-17)22-23-18(14)13-5-6-20-16(7-13)24-10-19(3,11-24)25-4/h5-9,12H,10-11H2,1-4H3,(H,22,23). The normalized spacial score (nSPS) is 16.1. The van der Waals surface area contributed by atoms with Crippen LogP contribution >= 0.6 is 0 Å². The lowest BCUT2D eigenvalue weighted by Gasteiger charge is -2.47. The highest BCUT2D eigenvalue weighted by Crippen LogP contribution is 2.33. The average molecular weight is 353 g/mol. The molecule has 4 rings (SSSR count). The van der Waals surface area contributed by atoms with Gasteiger partial charge in [-0.05, 0) is 32.9 Å². The third-order valence-electron chi connectivity index (χ3n) is 4.66. The molecule has 1 fully saturated rings. The van der Waals surface area contributed by atoms with Crippen molar-refractivity contribution in [1.29, 1.82) is 0 Å². The number of nitrogens with one attached hydrogen (secondary N) is 1. The van der Waals surface area contributed by atoms with Crippen LogP contribution in [-0.4, -0.2) is 52.1 Å². The Hall–Kier alpha value is -2.67. The summed E-state index contributed by atoms with van der Waals surface area (Å²) in [5.74, 6) is 1.53. The molecule has 1 N–H and O–H groups in total. The van der Waals surface area contributed by atoms with Crippen LogP contribution in [0.2, 0.25) is 0 Å². The zero-order chi connectivity index (χ0) is 18.3. The Morgan fingerprint density at radius 3 is 2.77 bits per heavy atom. The van der Waals surface area contributed by atoms with Gasteiger partial charge in [-0.15, -0.1) is 0 Å². The van der Waals surface area contributed by atoms with Gasteiger partial charge in [-0.2, -0.15) is 5.10 Å². The maximum Gasteiger partial charge on any atom is 0.214 e. The van der Waals surface area contributed by atoms with E-state index in [1.807, 2.05) is 32.2 Å². The Kier molecular flexibility index (Phi) is 4.03. The number of hydrogen-bond donors (Lipinski definition) is 1. The van der Waals surface area contributed by atoms with Gasteiger partial charge in [0.25, 0.3) is 0 Å². The lowest BCUT2D eigenvalue weighted by atomic mass is 9.96. The van der Waals surface area contributed by atoms with Gasteiger partial charge in [0.2, 0.25) is 5.88 Å². The van der Waals surface area contributed by atoms with Crippen LogP contribution in [0.5, 0.6) is 5.88 Å². The van der Waals surface area contributed by atoms with E-state index in [-0.39, 0.29) is 11.7 Å². The summed E-state index contributed by atoms with van der Waals surface area (Å²) in [7, 11) is 1.75. The molecule has 0 amide bonds. The van der Waals surface area contributed by atoms with Crippen LogP contribution < -0.4 is 9.64 Å². The number of rotatable bonds is 5. The lowest BCUT2D eigenvalue weighted by molar-refractivity contribution is -0.0171. The molecule has 1 saturated heterocycles. The van der Waals surface area contributed by atoms with E-state index in [1.54, 1.807) is 13.3 Å². The van der Waals surface area contributed by atoms with Crippen molar-refractivity contribution in [2.75, 3.05) is 25.1 Å². The summed E-state index contributed by atoms with van der Waals surface area (Å²) in [6.07, 6.45) is 3.65. The molecule has 7 nitrogen and oxygen atoms in total. The molecule has 1 aliphatic rings. The van der Waals surface area contributed by atoms with Crippen LogP contribution in [0, 0.1) is 0 Å². The Morgan fingerprint density at radius 2 is 2.04 bits per heavy atom.